The SMILES string of the molecule is CCOC(=O)c1cc2c(s1)-c1ccc(Cl)c(F)c1SC2. The van der Waals surface area contributed by atoms with E-state index >= 15 is 0 Å². The molecule has 1 aromatic carbocycles. The number of hydrogen-bond acceptors (Lipinski definition) is 4. The molecule has 0 aliphatic carbocycles. The molecule has 0 fully saturated rings. The monoisotopic (exact) mass is 328 g/mol. The lowest BCUT2D eigenvalue weighted by Crippen LogP contribution is -2.01. The van der Waals surface area contributed by atoms with Crippen LogP contribution in [0.25, 0.3) is 10.4 Å². The molecule has 0 saturated carbocycles. The lowest BCUT2D eigenvalue weighted by molar-refractivity contribution is 0.0532. The third-order valence-corrected chi connectivity index (χ3v) is 5.58. The molecule has 3 rings (SSSR count). The second kappa shape index (κ2) is 5.39. The van der Waals surface area contributed by atoms with Crippen LogP contribution < -0.4 is 0 Å². The zero-order valence-electron chi connectivity index (χ0n) is 10.5. The largest absolute Gasteiger partial charge is 0.462 e. The minimum atomic E-state index is -0.383. The summed E-state index contributed by atoms with van der Waals surface area (Å²) in [6, 6.07) is 5.19. The number of ether oxygens (including phenoxy) is 1. The van der Waals surface area contributed by atoms with Crippen molar-refractivity contribution < 1.29 is 13.9 Å². The molecule has 2 nitrogen and oxygen atoms in total. The van der Waals surface area contributed by atoms with Crippen molar-refractivity contribution in [3.05, 3.63) is 39.5 Å². The van der Waals surface area contributed by atoms with Crippen LogP contribution in [0.2, 0.25) is 5.02 Å². The van der Waals surface area contributed by atoms with Gasteiger partial charge in [0.05, 0.1) is 16.5 Å². The van der Waals surface area contributed by atoms with Gasteiger partial charge in [-0.3, -0.25) is 0 Å². The molecule has 0 radical (unpaired) electrons. The first-order valence-electron chi connectivity index (χ1n) is 6.02. The van der Waals surface area contributed by atoms with Gasteiger partial charge in [-0.25, -0.2) is 9.18 Å². The molecule has 0 unspecified atom stereocenters. The van der Waals surface area contributed by atoms with Crippen LogP contribution in [0.15, 0.2) is 23.1 Å². The second-order valence-electron chi connectivity index (χ2n) is 4.21. The van der Waals surface area contributed by atoms with Crippen molar-refractivity contribution in [1.29, 1.82) is 0 Å². The first-order chi connectivity index (χ1) is 9.61. The fourth-order valence-electron chi connectivity index (χ4n) is 2.07. The van der Waals surface area contributed by atoms with Crippen LogP contribution in [0.4, 0.5) is 4.39 Å². The van der Waals surface area contributed by atoms with Gasteiger partial charge in [-0.1, -0.05) is 17.7 Å². The van der Waals surface area contributed by atoms with Crippen LogP contribution in [-0.4, -0.2) is 12.6 Å². The third kappa shape index (κ3) is 2.24. The number of thiophene rings is 1. The molecule has 1 aliphatic heterocycles. The Hall–Kier alpha value is -1.04. The summed E-state index contributed by atoms with van der Waals surface area (Å²) in [5, 5.41) is 0.127. The van der Waals surface area contributed by atoms with Gasteiger partial charge in [0.1, 0.15) is 4.88 Å². The number of rotatable bonds is 2. The molecule has 104 valence electrons. The van der Waals surface area contributed by atoms with Gasteiger partial charge in [0.25, 0.3) is 0 Å². The average Bonchev–Trinajstić information content (AvgIpc) is 2.87. The van der Waals surface area contributed by atoms with E-state index in [0.717, 1.165) is 16.0 Å². The maximum Gasteiger partial charge on any atom is 0.348 e. The zero-order valence-corrected chi connectivity index (χ0v) is 12.9. The maximum atomic E-state index is 14.0. The summed E-state index contributed by atoms with van der Waals surface area (Å²) in [7, 11) is 0. The van der Waals surface area contributed by atoms with Crippen molar-refractivity contribution in [2.24, 2.45) is 0 Å². The fourth-order valence-corrected chi connectivity index (χ4v) is 4.63. The molecular weight excluding hydrogens is 319 g/mol. The summed E-state index contributed by atoms with van der Waals surface area (Å²) in [6.07, 6.45) is 0. The molecule has 0 N–H and O–H groups in total. The normalized spacial score (nSPS) is 12.8. The summed E-state index contributed by atoms with van der Waals surface area (Å²) in [5.74, 6) is -0.0750. The Bertz CT molecular complexity index is 697. The Morgan fingerprint density at radius 2 is 2.30 bits per heavy atom. The number of hydrogen-bond donors (Lipinski definition) is 0. The van der Waals surface area contributed by atoms with Crippen molar-refractivity contribution in [2.75, 3.05) is 6.61 Å². The average molecular weight is 329 g/mol. The number of halogens is 2. The number of carbonyl (C=O) groups is 1. The van der Waals surface area contributed by atoms with Gasteiger partial charge >= 0.3 is 5.97 Å². The van der Waals surface area contributed by atoms with Gasteiger partial charge in [0, 0.05) is 16.2 Å². The molecule has 1 aromatic heterocycles. The molecule has 0 spiro atoms. The van der Waals surface area contributed by atoms with Crippen LogP contribution in [0.3, 0.4) is 0 Å². The van der Waals surface area contributed by atoms with E-state index in [-0.39, 0.29) is 16.8 Å². The lowest BCUT2D eigenvalue weighted by atomic mass is 10.1. The summed E-state index contributed by atoms with van der Waals surface area (Å²) < 4.78 is 19.0. The van der Waals surface area contributed by atoms with Crippen LogP contribution in [0, 0.1) is 5.82 Å². The number of esters is 1. The van der Waals surface area contributed by atoms with Crippen LogP contribution in [-0.2, 0) is 10.5 Å². The molecule has 0 amide bonds. The molecule has 2 heterocycles. The number of carbonyl (C=O) groups excluding carboxylic acids is 1. The third-order valence-electron chi connectivity index (χ3n) is 2.95. The van der Waals surface area contributed by atoms with Crippen molar-refractivity contribution >= 4 is 40.7 Å². The highest BCUT2D eigenvalue weighted by Gasteiger charge is 2.25. The van der Waals surface area contributed by atoms with E-state index < -0.39 is 0 Å². The molecule has 20 heavy (non-hydrogen) atoms. The Labute approximate surface area is 128 Å². The van der Waals surface area contributed by atoms with Gasteiger partial charge in [0.15, 0.2) is 5.82 Å². The zero-order chi connectivity index (χ0) is 14.3. The number of fused-ring (bicyclic) bond motifs is 3. The summed E-state index contributed by atoms with van der Waals surface area (Å²) in [5.41, 5.74) is 1.84. The number of benzene rings is 1. The predicted octanol–water partition coefficient (Wildman–Crippen LogP) is 4.99. The van der Waals surface area contributed by atoms with E-state index in [4.69, 9.17) is 16.3 Å². The van der Waals surface area contributed by atoms with Gasteiger partial charge in [-0.2, -0.15) is 0 Å². The predicted molar refractivity (Wildman–Crippen MR) is 80.2 cm³/mol. The molecule has 0 saturated heterocycles. The minimum absolute atomic E-state index is 0.127. The van der Waals surface area contributed by atoms with Crippen LogP contribution in [0.1, 0.15) is 22.2 Å². The molecule has 2 aromatic rings. The minimum Gasteiger partial charge on any atom is -0.462 e. The van der Waals surface area contributed by atoms with E-state index in [1.54, 1.807) is 19.1 Å². The standard InChI is InChI=1S/C14H10ClFO2S2/c1-2-18-14(17)10-5-7-6-19-13-8(12(7)20-10)3-4-9(15)11(13)16/h3-5H,2,6H2,1H3. The van der Waals surface area contributed by atoms with Gasteiger partial charge in [-0.15, -0.1) is 23.1 Å². The van der Waals surface area contributed by atoms with E-state index in [1.807, 2.05) is 6.07 Å². The topological polar surface area (TPSA) is 26.3 Å². The quantitative estimate of drug-likeness (QED) is 0.726. The highest BCUT2D eigenvalue weighted by Crippen LogP contribution is 2.47. The second-order valence-corrected chi connectivity index (χ2v) is 6.66. The van der Waals surface area contributed by atoms with Crippen molar-refractivity contribution in [2.45, 2.75) is 17.6 Å². The molecule has 6 heteroatoms. The van der Waals surface area contributed by atoms with E-state index in [9.17, 15) is 9.18 Å². The van der Waals surface area contributed by atoms with Crippen LogP contribution in [0.5, 0.6) is 0 Å². The highest BCUT2D eigenvalue weighted by molar-refractivity contribution is 7.98. The Kier molecular flexibility index (Phi) is 3.75. The lowest BCUT2D eigenvalue weighted by Gasteiger charge is -2.16. The first-order valence-corrected chi connectivity index (χ1v) is 8.20. The van der Waals surface area contributed by atoms with Crippen molar-refractivity contribution in [3.63, 3.8) is 0 Å². The maximum absolute atomic E-state index is 14.0. The van der Waals surface area contributed by atoms with Gasteiger partial charge in [0.2, 0.25) is 0 Å². The van der Waals surface area contributed by atoms with Crippen LogP contribution >= 0.6 is 34.7 Å². The highest BCUT2D eigenvalue weighted by atomic mass is 35.5. The van der Waals surface area contributed by atoms with Crippen molar-refractivity contribution in [1.82, 2.24) is 0 Å². The van der Waals surface area contributed by atoms with Gasteiger partial charge in [-0.05, 0) is 24.6 Å². The Morgan fingerprint density at radius 3 is 3.05 bits per heavy atom. The van der Waals surface area contributed by atoms with Gasteiger partial charge < -0.3 is 4.74 Å². The van der Waals surface area contributed by atoms with E-state index in [0.29, 0.717) is 22.1 Å². The molecule has 1 aliphatic rings. The molecule has 0 atom stereocenters. The van der Waals surface area contributed by atoms with E-state index in [2.05, 4.69) is 0 Å². The summed E-state index contributed by atoms with van der Waals surface area (Å²) in [4.78, 5) is 13.8. The fraction of sp³-hybridized carbons (Fsp3) is 0.214. The summed E-state index contributed by atoms with van der Waals surface area (Å²) in [6.45, 7) is 2.12. The summed E-state index contributed by atoms with van der Waals surface area (Å²) >= 11 is 8.56. The Balaban J connectivity index is 2.08. The van der Waals surface area contributed by atoms with Crippen molar-refractivity contribution in [3.8, 4) is 10.4 Å². The molecule has 0 bridgehead atoms. The first kappa shape index (κ1) is 13.9. The van der Waals surface area contributed by atoms with E-state index in [1.165, 1.54) is 23.1 Å². The number of thioether (sulfide) groups is 1. The smallest absolute Gasteiger partial charge is 0.348 e. The molecular formula is C14H10ClFO2S2. The Morgan fingerprint density at radius 1 is 1.50 bits per heavy atom.